The van der Waals surface area contributed by atoms with E-state index in [1.807, 2.05) is 66.7 Å². The van der Waals surface area contributed by atoms with Gasteiger partial charge in [0.2, 0.25) is 0 Å². The van der Waals surface area contributed by atoms with Gasteiger partial charge in [0, 0.05) is 16.7 Å². The SMILES string of the molecule is [2H]c1c([2H])c([2H])c(-c2nc(-c3ccc(-c4ccccc4)c4ccccc34)cc(-c3ccc(-c4ccc5ccccc5c4)c4ccccc34)n2)c([2H])c1[2H]. The second-order valence-electron chi connectivity index (χ2n) is 11.8. The molecule has 0 N–H and O–H groups in total. The predicted molar refractivity (Wildman–Crippen MR) is 202 cm³/mol. The summed E-state index contributed by atoms with van der Waals surface area (Å²) >= 11 is 0. The molecule has 0 aliphatic heterocycles. The van der Waals surface area contributed by atoms with Crippen LogP contribution in [0.25, 0.3) is 88.5 Å². The highest BCUT2D eigenvalue weighted by molar-refractivity contribution is 6.07. The molecule has 0 aliphatic carbocycles. The van der Waals surface area contributed by atoms with Gasteiger partial charge in [0.05, 0.1) is 18.2 Å². The van der Waals surface area contributed by atoms with Crippen molar-refractivity contribution in [2.45, 2.75) is 0 Å². The van der Waals surface area contributed by atoms with Crippen LogP contribution in [0.3, 0.4) is 0 Å². The Bertz CT molecular complexity index is 2880. The molecule has 9 aromatic rings. The fraction of sp³-hybridized carbons (Fsp3) is 0. The van der Waals surface area contributed by atoms with Crippen molar-refractivity contribution in [3.05, 3.63) is 182 Å². The molecule has 0 saturated carbocycles. The number of nitrogens with zero attached hydrogens (tertiary/aromatic N) is 2. The number of hydrogen-bond donors (Lipinski definition) is 0. The van der Waals surface area contributed by atoms with Gasteiger partial charge in [-0.15, -0.1) is 0 Å². The first-order valence-corrected chi connectivity index (χ1v) is 15.9. The van der Waals surface area contributed by atoms with Crippen molar-refractivity contribution in [2.24, 2.45) is 0 Å². The summed E-state index contributed by atoms with van der Waals surface area (Å²) in [5, 5.41) is 6.37. The molecule has 2 heteroatoms. The second kappa shape index (κ2) is 11.8. The average molecular weight is 616 g/mol. The maximum Gasteiger partial charge on any atom is 0.160 e. The Labute approximate surface area is 286 Å². The van der Waals surface area contributed by atoms with Crippen LogP contribution in [0, 0.1) is 0 Å². The molecule has 9 rings (SSSR count). The van der Waals surface area contributed by atoms with Crippen molar-refractivity contribution in [3.8, 4) is 56.2 Å². The molecule has 0 fully saturated rings. The van der Waals surface area contributed by atoms with Gasteiger partial charge in [-0.05, 0) is 66.7 Å². The Balaban J connectivity index is 1.31. The molecule has 0 unspecified atom stereocenters. The Morgan fingerprint density at radius 2 is 0.854 bits per heavy atom. The summed E-state index contributed by atoms with van der Waals surface area (Å²) < 4.78 is 42.8. The normalized spacial score (nSPS) is 12.8. The third kappa shape index (κ3) is 4.92. The molecule has 0 bridgehead atoms. The van der Waals surface area contributed by atoms with E-state index >= 15 is 0 Å². The van der Waals surface area contributed by atoms with Crippen molar-refractivity contribution in [1.82, 2.24) is 9.97 Å². The van der Waals surface area contributed by atoms with Crippen molar-refractivity contribution >= 4 is 32.3 Å². The van der Waals surface area contributed by atoms with Gasteiger partial charge in [-0.1, -0.05) is 170 Å². The molecule has 1 aromatic heterocycles. The van der Waals surface area contributed by atoms with Gasteiger partial charge in [-0.3, -0.25) is 0 Å². The van der Waals surface area contributed by atoms with Crippen LogP contribution in [0.2, 0.25) is 0 Å². The van der Waals surface area contributed by atoms with E-state index in [1.54, 1.807) is 0 Å². The highest BCUT2D eigenvalue weighted by Crippen LogP contribution is 2.40. The minimum absolute atomic E-state index is 0.0404. The number of aromatic nitrogens is 2. The lowest BCUT2D eigenvalue weighted by atomic mass is 9.91. The van der Waals surface area contributed by atoms with E-state index in [0.29, 0.717) is 11.4 Å². The zero-order chi connectivity index (χ0) is 36.2. The Hall–Kier alpha value is -6.38. The van der Waals surface area contributed by atoms with E-state index in [-0.39, 0.29) is 23.5 Å². The molecule has 1 heterocycles. The summed E-state index contributed by atoms with van der Waals surface area (Å²) in [5.41, 5.74) is 7.15. The van der Waals surface area contributed by atoms with Crippen LogP contribution in [0.5, 0.6) is 0 Å². The molecule has 0 atom stereocenters. The molecule has 0 amide bonds. The third-order valence-corrected chi connectivity index (χ3v) is 9.00. The summed E-state index contributed by atoms with van der Waals surface area (Å²) in [6, 6.07) is 49.7. The van der Waals surface area contributed by atoms with Gasteiger partial charge in [0.15, 0.2) is 5.82 Å². The van der Waals surface area contributed by atoms with Gasteiger partial charge < -0.3 is 0 Å². The lowest BCUT2D eigenvalue weighted by Crippen LogP contribution is -1.97. The summed E-state index contributed by atoms with van der Waals surface area (Å²) in [5.74, 6) is 0.0633. The van der Waals surface area contributed by atoms with Crippen molar-refractivity contribution in [3.63, 3.8) is 0 Å². The first kappa shape index (κ1) is 23.0. The van der Waals surface area contributed by atoms with Crippen LogP contribution in [-0.4, -0.2) is 9.97 Å². The highest BCUT2D eigenvalue weighted by atomic mass is 14.9. The fourth-order valence-corrected chi connectivity index (χ4v) is 6.72. The monoisotopic (exact) mass is 615 g/mol. The number of rotatable bonds is 5. The summed E-state index contributed by atoms with van der Waals surface area (Å²) in [7, 11) is 0. The van der Waals surface area contributed by atoms with E-state index in [4.69, 9.17) is 16.8 Å². The molecule has 2 nitrogen and oxygen atoms in total. The van der Waals surface area contributed by atoms with Gasteiger partial charge in [0.1, 0.15) is 0 Å². The minimum Gasteiger partial charge on any atom is -0.228 e. The number of fused-ring (bicyclic) bond motifs is 3. The Kier molecular flexibility index (Phi) is 5.64. The van der Waals surface area contributed by atoms with Crippen LogP contribution in [0.4, 0.5) is 0 Å². The summed E-state index contributed by atoms with van der Waals surface area (Å²) in [6.45, 7) is 0. The zero-order valence-electron chi connectivity index (χ0n) is 30.8. The second-order valence-corrected chi connectivity index (χ2v) is 11.8. The van der Waals surface area contributed by atoms with Crippen molar-refractivity contribution in [2.75, 3.05) is 0 Å². The maximum absolute atomic E-state index is 8.84. The Morgan fingerprint density at radius 3 is 1.48 bits per heavy atom. The first-order chi connectivity index (χ1) is 25.9. The predicted octanol–water partition coefficient (Wildman–Crippen LogP) is 12.3. The standard InChI is InChI=1S/C46H30N2/c1-3-14-32(15-4-1)36-25-27-42(40-21-11-9-19-38(36)40)44-30-45(48-46(47-44)33-16-5-2-6-17-33)43-28-26-37(39-20-10-12-22-41(39)43)35-24-23-31-13-7-8-18-34(31)29-35/h1-30H/i2D,5D,6D,16D,17D. The summed E-state index contributed by atoms with van der Waals surface area (Å²) in [4.78, 5) is 9.97. The fourth-order valence-electron chi connectivity index (χ4n) is 6.72. The van der Waals surface area contributed by atoms with Crippen LogP contribution in [0.1, 0.15) is 6.85 Å². The van der Waals surface area contributed by atoms with Gasteiger partial charge in [-0.2, -0.15) is 0 Å². The van der Waals surface area contributed by atoms with Crippen LogP contribution in [-0.2, 0) is 0 Å². The van der Waals surface area contributed by atoms with Crippen LogP contribution in [0.15, 0.2) is 182 Å². The van der Waals surface area contributed by atoms with E-state index in [2.05, 4.69) is 84.9 Å². The van der Waals surface area contributed by atoms with Crippen molar-refractivity contribution < 1.29 is 6.85 Å². The number of benzene rings is 8. The third-order valence-electron chi connectivity index (χ3n) is 9.00. The molecule has 48 heavy (non-hydrogen) atoms. The van der Waals surface area contributed by atoms with E-state index in [9.17, 15) is 0 Å². The summed E-state index contributed by atoms with van der Waals surface area (Å²) in [6.07, 6.45) is 0. The van der Waals surface area contributed by atoms with E-state index in [1.165, 1.54) is 5.39 Å². The molecular formula is C46H30N2. The zero-order valence-corrected chi connectivity index (χ0v) is 25.8. The first-order valence-electron chi connectivity index (χ1n) is 18.4. The van der Waals surface area contributed by atoms with Crippen molar-refractivity contribution in [1.29, 1.82) is 0 Å². The van der Waals surface area contributed by atoms with Gasteiger partial charge >= 0.3 is 0 Å². The number of hydrogen-bond acceptors (Lipinski definition) is 2. The molecule has 0 saturated heterocycles. The molecular weight excluding hydrogens is 581 g/mol. The average Bonchev–Trinajstić information content (AvgIpc) is 3.21. The maximum atomic E-state index is 8.84. The quantitative estimate of drug-likeness (QED) is 0.192. The molecule has 224 valence electrons. The molecule has 0 radical (unpaired) electrons. The lowest BCUT2D eigenvalue weighted by Gasteiger charge is -2.15. The van der Waals surface area contributed by atoms with Crippen LogP contribution < -0.4 is 0 Å². The topological polar surface area (TPSA) is 25.8 Å². The lowest BCUT2D eigenvalue weighted by molar-refractivity contribution is 1.19. The van der Waals surface area contributed by atoms with Gasteiger partial charge in [0.25, 0.3) is 0 Å². The smallest absolute Gasteiger partial charge is 0.160 e. The Morgan fingerprint density at radius 1 is 0.354 bits per heavy atom. The minimum atomic E-state index is -0.460. The van der Waals surface area contributed by atoms with Crippen LogP contribution >= 0.6 is 0 Å². The van der Waals surface area contributed by atoms with E-state index in [0.717, 1.165) is 60.3 Å². The molecule has 0 aliphatic rings. The van der Waals surface area contributed by atoms with Gasteiger partial charge in [-0.25, -0.2) is 9.97 Å². The largest absolute Gasteiger partial charge is 0.228 e. The van der Waals surface area contributed by atoms with E-state index < -0.39 is 18.1 Å². The molecule has 0 spiro atoms. The highest BCUT2D eigenvalue weighted by Gasteiger charge is 2.17. The molecule has 8 aromatic carbocycles.